The summed E-state index contributed by atoms with van der Waals surface area (Å²) in [5, 5.41) is 2.58. The third-order valence-electron chi connectivity index (χ3n) is 3.77. The summed E-state index contributed by atoms with van der Waals surface area (Å²) in [6.45, 7) is 5.54. The minimum absolute atomic E-state index is 0.00393. The van der Waals surface area contributed by atoms with Gasteiger partial charge in [-0.25, -0.2) is 21.6 Å². The van der Waals surface area contributed by atoms with Crippen molar-refractivity contribution >= 4 is 25.8 Å². The number of benzene rings is 1. The molecule has 7 nitrogen and oxygen atoms in total. The lowest BCUT2D eigenvalue weighted by atomic mass is 10.1. The van der Waals surface area contributed by atoms with Crippen LogP contribution in [0.15, 0.2) is 24.3 Å². The molecule has 1 rings (SSSR count). The Morgan fingerprint density at radius 1 is 1.04 bits per heavy atom. The number of sulfone groups is 1. The van der Waals surface area contributed by atoms with E-state index >= 15 is 0 Å². The molecule has 0 fully saturated rings. The van der Waals surface area contributed by atoms with Crippen LogP contribution in [-0.4, -0.2) is 40.3 Å². The molecule has 0 aliphatic rings. The number of carbonyl (C=O) groups excluding carboxylic acids is 1. The number of amides is 1. The van der Waals surface area contributed by atoms with E-state index in [-0.39, 0.29) is 24.1 Å². The van der Waals surface area contributed by atoms with Gasteiger partial charge in [-0.05, 0) is 31.4 Å². The van der Waals surface area contributed by atoms with E-state index in [0.717, 1.165) is 12.8 Å². The highest BCUT2D eigenvalue weighted by Gasteiger charge is 2.18. The predicted molar refractivity (Wildman–Crippen MR) is 107 cm³/mol. The lowest BCUT2D eigenvalue weighted by Crippen LogP contribution is -2.33. The normalized spacial score (nSPS) is 12.3. The lowest BCUT2D eigenvalue weighted by Gasteiger charge is -2.13. The van der Waals surface area contributed by atoms with Gasteiger partial charge >= 0.3 is 0 Å². The number of hydrogen-bond donors (Lipinski definition) is 2. The van der Waals surface area contributed by atoms with E-state index in [0.29, 0.717) is 17.5 Å². The van der Waals surface area contributed by atoms with Crippen LogP contribution in [0.5, 0.6) is 0 Å². The summed E-state index contributed by atoms with van der Waals surface area (Å²) in [5.74, 6) is -1.33. The van der Waals surface area contributed by atoms with E-state index in [1.54, 1.807) is 38.1 Å². The van der Waals surface area contributed by atoms with Gasteiger partial charge < -0.3 is 5.32 Å². The van der Waals surface area contributed by atoms with Crippen LogP contribution < -0.4 is 10.0 Å². The summed E-state index contributed by atoms with van der Waals surface area (Å²) >= 11 is 0. The Kier molecular flexibility index (Phi) is 9.41. The molecular formula is C18H30N2O5S2. The molecule has 0 atom stereocenters. The van der Waals surface area contributed by atoms with Gasteiger partial charge in [-0.1, -0.05) is 44.0 Å². The molecule has 0 radical (unpaired) electrons. The zero-order valence-electron chi connectivity index (χ0n) is 16.2. The SMILES string of the molecule is CCCCCS(=O)(=O)CC(=O)NCc1ccccc1CS(=O)(=O)NC(C)C. The smallest absolute Gasteiger partial charge is 0.235 e. The summed E-state index contributed by atoms with van der Waals surface area (Å²) in [4.78, 5) is 12.0. The number of hydrogen-bond acceptors (Lipinski definition) is 5. The standard InChI is InChI=1S/C18H30N2O5S2/c1-4-5-8-11-26(22,23)14-18(21)19-12-16-9-6-7-10-17(16)13-27(24,25)20-15(2)3/h6-7,9-10,15,20H,4-5,8,11-14H2,1-3H3,(H,19,21). The molecule has 154 valence electrons. The Bertz CT molecular complexity index is 818. The first kappa shape index (κ1) is 23.6. The number of carbonyl (C=O) groups is 1. The fraction of sp³-hybridized carbons (Fsp3) is 0.611. The molecule has 1 aromatic carbocycles. The average Bonchev–Trinajstić information content (AvgIpc) is 2.52. The largest absolute Gasteiger partial charge is 0.351 e. The van der Waals surface area contributed by atoms with Crippen LogP contribution in [0.25, 0.3) is 0 Å². The molecule has 0 saturated heterocycles. The maximum absolute atomic E-state index is 12.1. The Morgan fingerprint density at radius 2 is 1.67 bits per heavy atom. The predicted octanol–water partition coefficient (Wildman–Crippen LogP) is 1.74. The molecule has 27 heavy (non-hydrogen) atoms. The van der Waals surface area contributed by atoms with Crippen molar-refractivity contribution in [2.24, 2.45) is 0 Å². The van der Waals surface area contributed by atoms with Gasteiger partial charge in [0.2, 0.25) is 15.9 Å². The lowest BCUT2D eigenvalue weighted by molar-refractivity contribution is -0.118. The Balaban J connectivity index is 2.69. The third kappa shape index (κ3) is 9.88. The molecule has 0 unspecified atom stereocenters. The first-order valence-electron chi connectivity index (χ1n) is 9.08. The molecule has 0 aromatic heterocycles. The van der Waals surface area contributed by atoms with Crippen LogP contribution in [0.2, 0.25) is 0 Å². The minimum atomic E-state index is -3.50. The quantitative estimate of drug-likeness (QED) is 0.503. The number of rotatable bonds is 12. The monoisotopic (exact) mass is 418 g/mol. The van der Waals surface area contributed by atoms with Crippen LogP contribution >= 0.6 is 0 Å². The van der Waals surface area contributed by atoms with E-state index < -0.39 is 31.5 Å². The van der Waals surface area contributed by atoms with Gasteiger partial charge in [0.1, 0.15) is 5.75 Å². The minimum Gasteiger partial charge on any atom is -0.351 e. The summed E-state index contributed by atoms with van der Waals surface area (Å²) in [6, 6.07) is 6.66. The van der Waals surface area contributed by atoms with Crippen molar-refractivity contribution < 1.29 is 21.6 Å². The van der Waals surface area contributed by atoms with Crippen LogP contribution in [-0.2, 0) is 37.0 Å². The fourth-order valence-electron chi connectivity index (χ4n) is 2.56. The van der Waals surface area contributed by atoms with E-state index in [1.807, 2.05) is 6.92 Å². The van der Waals surface area contributed by atoms with Crippen molar-refractivity contribution in [2.75, 3.05) is 11.5 Å². The van der Waals surface area contributed by atoms with Gasteiger partial charge in [-0.15, -0.1) is 0 Å². The maximum Gasteiger partial charge on any atom is 0.235 e. The molecule has 0 heterocycles. The highest BCUT2D eigenvalue weighted by Crippen LogP contribution is 2.12. The summed E-state index contributed by atoms with van der Waals surface area (Å²) < 4.78 is 50.7. The molecule has 2 N–H and O–H groups in total. The van der Waals surface area contributed by atoms with Crippen molar-refractivity contribution in [3.05, 3.63) is 35.4 Å². The van der Waals surface area contributed by atoms with Crippen LogP contribution in [0.4, 0.5) is 0 Å². The van der Waals surface area contributed by atoms with Gasteiger partial charge in [-0.2, -0.15) is 0 Å². The maximum atomic E-state index is 12.1. The van der Waals surface area contributed by atoms with Gasteiger partial charge in [0.25, 0.3) is 0 Å². The first-order valence-corrected chi connectivity index (χ1v) is 12.6. The van der Waals surface area contributed by atoms with Crippen molar-refractivity contribution in [1.82, 2.24) is 10.0 Å². The molecule has 0 aliphatic carbocycles. The number of unbranched alkanes of at least 4 members (excludes halogenated alkanes) is 2. The Hall–Kier alpha value is -1.45. The zero-order valence-corrected chi connectivity index (χ0v) is 17.8. The number of nitrogens with one attached hydrogen (secondary N) is 2. The zero-order chi connectivity index (χ0) is 20.5. The van der Waals surface area contributed by atoms with E-state index in [9.17, 15) is 21.6 Å². The van der Waals surface area contributed by atoms with Crippen molar-refractivity contribution in [1.29, 1.82) is 0 Å². The summed E-state index contributed by atoms with van der Waals surface area (Å²) in [7, 11) is -6.92. The molecule has 9 heteroatoms. The van der Waals surface area contributed by atoms with Crippen molar-refractivity contribution in [3.8, 4) is 0 Å². The third-order valence-corrected chi connectivity index (χ3v) is 6.90. The van der Waals surface area contributed by atoms with E-state index in [4.69, 9.17) is 0 Å². The molecule has 1 amide bonds. The highest BCUT2D eigenvalue weighted by atomic mass is 32.2. The molecular weight excluding hydrogens is 388 g/mol. The Morgan fingerprint density at radius 3 is 2.26 bits per heavy atom. The van der Waals surface area contributed by atoms with Gasteiger partial charge in [0.15, 0.2) is 9.84 Å². The van der Waals surface area contributed by atoms with Crippen LogP contribution in [0.1, 0.15) is 51.2 Å². The fourth-order valence-corrected chi connectivity index (χ4v) is 5.35. The molecule has 0 bridgehead atoms. The Labute approximate surface area is 162 Å². The van der Waals surface area contributed by atoms with Crippen LogP contribution in [0, 0.1) is 0 Å². The highest BCUT2D eigenvalue weighted by molar-refractivity contribution is 7.92. The van der Waals surface area contributed by atoms with Gasteiger partial charge in [0, 0.05) is 12.6 Å². The molecule has 0 saturated carbocycles. The van der Waals surface area contributed by atoms with Crippen molar-refractivity contribution in [3.63, 3.8) is 0 Å². The number of sulfonamides is 1. The average molecular weight is 419 g/mol. The van der Waals surface area contributed by atoms with Crippen molar-refractivity contribution in [2.45, 2.75) is 58.4 Å². The summed E-state index contributed by atoms with van der Waals surface area (Å²) in [6.07, 6.45) is 2.27. The van der Waals surface area contributed by atoms with Gasteiger partial charge in [-0.3, -0.25) is 4.79 Å². The van der Waals surface area contributed by atoms with Crippen LogP contribution in [0.3, 0.4) is 0 Å². The van der Waals surface area contributed by atoms with E-state index in [1.165, 1.54) is 0 Å². The second-order valence-corrected chi connectivity index (χ2v) is 10.8. The molecule has 1 aromatic rings. The second kappa shape index (κ2) is 10.8. The van der Waals surface area contributed by atoms with E-state index in [2.05, 4.69) is 10.0 Å². The topological polar surface area (TPSA) is 109 Å². The second-order valence-electron chi connectivity index (χ2n) is 6.88. The molecule has 0 aliphatic heterocycles. The first-order chi connectivity index (χ1) is 12.5. The van der Waals surface area contributed by atoms with Gasteiger partial charge in [0.05, 0.1) is 11.5 Å². The summed E-state index contributed by atoms with van der Waals surface area (Å²) in [5.41, 5.74) is 1.21. The molecule has 0 spiro atoms.